The number of carboxylic acids is 1. The molecule has 1 aromatic heterocycles. The molecule has 1 atom stereocenters. The summed E-state index contributed by atoms with van der Waals surface area (Å²) in [6, 6.07) is 10.7. The van der Waals surface area contributed by atoms with Crippen molar-refractivity contribution in [3.63, 3.8) is 0 Å². The number of phenols is 1. The van der Waals surface area contributed by atoms with E-state index in [0.717, 1.165) is 5.56 Å². The summed E-state index contributed by atoms with van der Waals surface area (Å²) in [6.07, 6.45) is 1.69. The van der Waals surface area contributed by atoms with Gasteiger partial charge in [0.05, 0.1) is 21.8 Å². The molecule has 0 radical (unpaired) electrons. The SMILES string of the molecule is CC1=C(C(=O)O)C(c2ccc3c(c2)OCO3)n2c(s/c(=C\c3ccc(O)cc3)c2=O)=N1. The van der Waals surface area contributed by atoms with Crippen LogP contribution in [-0.2, 0) is 4.79 Å². The van der Waals surface area contributed by atoms with E-state index in [2.05, 4.69) is 4.99 Å². The second kappa shape index (κ2) is 7.13. The second-order valence-corrected chi connectivity index (χ2v) is 8.10. The molecule has 2 N–H and O–H groups in total. The smallest absolute Gasteiger partial charge is 0.335 e. The number of fused-ring (bicyclic) bond motifs is 2. The molecule has 0 amide bonds. The first kappa shape index (κ1) is 19.1. The van der Waals surface area contributed by atoms with E-state index < -0.39 is 12.0 Å². The topological polar surface area (TPSA) is 110 Å². The Labute approximate surface area is 179 Å². The molecule has 2 aromatic carbocycles. The molecule has 2 aliphatic heterocycles. The third kappa shape index (κ3) is 3.19. The molecule has 2 aliphatic rings. The lowest BCUT2D eigenvalue weighted by atomic mass is 9.95. The Morgan fingerprint density at radius 1 is 1.19 bits per heavy atom. The number of phenolic OH excluding ortho intramolecular Hbond substituents is 1. The minimum Gasteiger partial charge on any atom is -0.508 e. The van der Waals surface area contributed by atoms with Gasteiger partial charge in [0, 0.05) is 0 Å². The minimum atomic E-state index is -1.14. The number of hydrogen-bond acceptors (Lipinski definition) is 7. The van der Waals surface area contributed by atoms with Gasteiger partial charge >= 0.3 is 5.97 Å². The molecule has 0 saturated carbocycles. The van der Waals surface area contributed by atoms with E-state index in [1.807, 2.05) is 0 Å². The van der Waals surface area contributed by atoms with Crippen molar-refractivity contribution in [3.8, 4) is 17.2 Å². The maximum Gasteiger partial charge on any atom is 0.335 e. The number of rotatable bonds is 3. The summed E-state index contributed by atoms with van der Waals surface area (Å²) in [7, 11) is 0. The molecule has 0 fully saturated rings. The van der Waals surface area contributed by atoms with E-state index in [0.29, 0.717) is 32.1 Å². The zero-order valence-corrected chi connectivity index (χ0v) is 17.0. The van der Waals surface area contributed by atoms with Crippen LogP contribution in [0.15, 0.2) is 63.5 Å². The van der Waals surface area contributed by atoms with Gasteiger partial charge in [-0.05, 0) is 48.4 Å². The second-order valence-electron chi connectivity index (χ2n) is 7.09. The quantitative estimate of drug-likeness (QED) is 0.647. The summed E-state index contributed by atoms with van der Waals surface area (Å²) in [4.78, 5) is 30.3. The maximum absolute atomic E-state index is 13.3. The zero-order valence-electron chi connectivity index (χ0n) is 16.2. The molecule has 1 unspecified atom stereocenters. The Hall–Kier alpha value is -3.85. The lowest BCUT2D eigenvalue weighted by Crippen LogP contribution is -2.39. The number of aromatic nitrogens is 1. The number of carbonyl (C=O) groups is 1. The molecule has 0 saturated heterocycles. The van der Waals surface area contributed by atoms with Gasteiger partial charge in [-0.1, -0.05) is 29.5 Å². The first-order chi connectivity index (χ1) is 14.9. The van der Waals surface area contributed by atoms with E-state index >= 15 is 0 Å². The molecule has 0 bridgehead atoms. The maximum atomic E-state index is 13.3. The molecular weight excluding hydrogens is 420 g/mol. The third-order valence-electron chi connectivity index (χ3n) is 5.16. The predicted molar refractivity (Wildman–Crippen MR) is 112 cm³/mol. The molecule has 0 aliphatic carbocycles. The molecule has 31 heavy (non-hydrogen) atoms. The number of ether oxygens (including phenoxy) is 2. The van der Waals surface area contributed by atoms with Crippen LogP contribution in [-0.4, -0.2) is 27.5 Å². The van der Waals surface area contributed by atoms with Gasteiger partial charge in [0.25, 0.3) is 5.56 Å². The summed E-state index contributed by atoms with van der Waals surface area (Å²) in [5.41, 5.74) is 1.35. The van der Waals surface area contributed by atoms with Crippen molar-refractivity contribution >= 4 is 23.4 Å². The van der Waals surface area contributed by atoms with E-state index in [1.165, 1.54) is 28.0 Å². The summed E-state index contributed by atoms with van der Waals surface area (Å²) in [5, 5.41) is 19.4. The van der Waals surface area contributed by atoms with Crippen molar-refractivity contribution in [1.82, 2.24) is 4.57 Å². The molecule has 156 valence electrons. The fourth-order valence-electron chi connectivity index (χ4n) is 3.72. The van der Waals surface area contributed by atoms with Gasteiger partial charge in [0.2, 0.25) is 6.79 Å². The van der Waals surface area contributed by atoms with Gasteiger partial charge in [-0.15, -0.1) is 0 Å². The average Bonchev–Trinajstić information content (AvgIpc) is 3.32. The van der Waals surface area contributed by atoms with Crippen molar-refractivity contribution < 1.29 is 24.5 Å². The fourth-order valence-corrected chi connectivity index (χ4v) is 4.76. The van der Waals surface area contributed by atoms with Crippen LogP contribution in [0.4, 0.5) is 0 Å². The summed E-state index contributed by atoms with van der Waals surface area (Å²) >= 11 is 1.19. The van der Waals surface area contributed by atoms with Crippen molar-refractivity contribution in [2.45, 2.75) is 13.0 Å². The molecular formula is C22H16N2O6S. The number of aromatic hydroxyl groups is 1. The Morgan fingerprint density at radius 3 is 2.68 bits per heavy atom. The Bertz CT molecular complexity index is 1430. The molecule has 3 aromatic rings. The number of allylic oxidation sites excluding steroid dienone is 1. The van der Waals surface area contributed by atoms with Gasteiger partial charge in [0.1, 0.15) is 5.75 Å². The van der Waals surface area contributed by atoms with Gasteiger partial charge in [-0.2, -0.15) is 0 Å². The van der Waals surface area contributed by atoms with Crippen LogP contribution in [0.5, 0.6) is 17.2 Å². The number of carboxylic acid groups (broad SMARTS) is 1. The zero-order chi connectivity index (χ0) is 21.7. The van der Waals surface area contributed by atoms with E-state index in [9.17, 15) is 19.8 Å². The first-order valence-electron chi connectivity index (χ1n) is 9.37. The molecule has 8 nitrogen and oxygen atoms in total. The summed E-state index contributed by atoms with van der Waals surface area (Å²) < 4.78 is 12.6. The molecule has 9 heteroatoms. The lowest BCUT2D eigenvalue weighted by molar-refractivity contribution is -0.133. The van der Waals surface area contributed by atoms with Crippen molar-refractivity contribution in [2.75, 3.05) is 6.79 Å². The Kier molecular flexibility index (Phi) is 4.40. The summed E-state index contributed by atoms with van der Waals surface area (Å²) in [5.74, 6) is 0.0593. The van der Waals surface area contributed by atoms with Gasteiger partial charge in [0.15, 0.2) is 16.3 Å². The molecule has 3 heterocycles. The molecule has 0 spiro atoms. The van der Waals surface area contributed by atoms with Gasteiger partial charge < -0.3 is 19.7 Å². The van der Waals surface area contributed by atoms with Crippen LogP contribution in [0.25, 0.3) is 6.08 Å². The number of thiazole rings is 1. The van der Waals surface area contributed by atoms with Crippen molar-refractivity contribution in [1.29, 1.82) is 0 Å². The molecule has 5 rings (SSSR count). The highest BCUT2D eigenvalue weighted by molar-refractivity contribution is 7.07. The monoisotopic (exact) mass is 436 g/mol. The fraction of sp³-hybridized carbons (Fsp3) is 0.136. The van der Waals surface area contributed by atoms with Crippen LogP contribution >= 0.6 is 11.3 Å². The number of nitrogens with zero attached hydrogens (tertiary/aromatic N) is 2. The Morgan fingerprint density at radius 2 is 1.94 bits per heavy atom. The van der Waals surface area contributed by atoms with Crippen LogP contribution in [0.1, 0.15) is 24.1 Å². The summed E-state index contributed by atoms with van der Waals surface area (Å²) in [6.45, 7) is 1.72. The highest BCUT2D eigenvalue weighted by Crippen LogP contribution is 2.37. The Balaban J connectivity index is 1.73. The van der Waals surface area contributed by atoms with Gasteiger partial charge in [-0.25, -0.2) is 9.79 Å². The highest BCUT2D eigenvalue weighted by atomic mass is 32.1. The predicted octanol–water partition coefficient (Wildman–Crippen LogP) is 1.75. The minimum absolute atomic E-state index is 0.0300. The van der Waals surface area contributed by atoms with Crippen LogP contribution in [0.3, 0.4) is 0 Å². The number of aliphatic carboxylic acids is 1. The first-order valence-corrected chi connectivity index (χ1v) is 10.2. The van der Waals surface area contributed by atoms with Crippen LogP contribution in [0.2, 0.25) is 0 Å². The van der Waals surface area contributed by atoms with Crippen LogP contribution < -0.4 is 24.4 Å². The van der Waals surface area contributed by atoms with Crippen LogP contribution in [0, 0.1) is 0 Å². The normalized spacial score (nSPS) is 17.5. The third-order valence-corrected chi connectivity index (χ3v) is 6.14. The average molecular weight is 436 g/mol. The number of benzene rings is 2. The lowest BCUT2D eigenvalue weighted by Gasteiger charge is -2.23. The van der Waals surface area contributed by atoms with Gasteiger partial charge in [-0.3, -0.25) is 9.36 Å². The van der Waals surface area contributed by atoms with E-state index in [-0.39, 0.29) is 23.7 Å². The van der Waals surface area contributed by atoms with E-state index in [1.54, 1.807) is 43.3 Å². The van der Waals surface area contributed by atoms with E-state index in [4.69, 9.17) is 9.47 Å². The standard InChI is InChI=1S/C22H16N2O6S/c1-11-18(21(27)28)19(13-4-7-15-16(9-13)30-10-29-15)24-20(26)17(31-22(24)23-11)8-12-2-5-14(25)6-3-12/h2-9,19,25H,10H2,1H3,(H,27,28)/b17-8-. The number of hydrogen-bond donors (Lipinski definition) is 2. The van der Waals surface area contributed by atoms with Crippen molar-refractivity contribution in [2.24, 2.45) is 4.99 Å². The highest BCUT2D eigenvalue weighted by Gasteiger charge is 2.33. The van der Waals surface area contributed by atoms with Crippen molar-refractivity contribution in [3.05, 3.63) is 84.5 Å². The largest absolute Gasteiger partial charge is 0.508 e.